The van der Waals surface area contributed by atoms with Gasteiger partial charge in [-0.3, -0.25) is 4.79 Å². The molecule has 1 saturated heterocycles. The molecular weight excluding hydrogens is 407 g/mol. The van der Waals surface area contributed by atoms with Crippen molar-refractivity contribution in [3.05, 3.63) is 58.8 Å². The molecule has 162 valence electrons. The van der Waals surface area contributed by atoms with Crippen molar-refractivity contribution in [2.24, 2.45) is 5.92 Å². The topological polar surface area (TPSA) is 53.7 Å². The van der Waals surface area contributed by atoms with Gasteiger partial charge >= 0.3 is 6.18 Å². The van der Waals surface area contributed by atoms with Crippen LogP contribution in [0.3, 0.4) is 0 Å². The summed E-state index contributed by atoms with van der Waals surface area (Å²) in [6.07, 6.45) is -0.749. The maximum absolute atomic E-state index is 12.9. The fourth-order valence-electron chi connectivity index (χ4n) is 4.51. The van der Waals surface area contributed by atoms with Crippen LogP contribution in [0, 0.1) is 19.8 Å². The Labute approximate surface area is 177 Å². The molecule has 5 rings (SSSR count). The number of hydrogen-bond acceptors (Lipinski definition) is 4. The smallest absolute Gasteiger partial charge is 0.370 e. The highest BCUT2D eigenvalue weighted by molar-refractivity contribution is 5.78. The summed E-state index contributed by atoms with van der Waals surface area (Å²) < 4.78 is 40.0. The first kappa shape index (κ1) is 19.8. The lowest BCUT2D eigenvalue weighted by atomic mass is 9.95. The van der Waals surface area contributed by atoms with Gasteiger partial charge in [0.2, 0.25) is 5.91 Å². The fraction of sp³-hybridized carbons (Fsp3) is 0.409. The van der Waals surface area contributed by atoms with Gasteiger partial charge in [0.15, 0.2) is 0 Å². The highest BCUT2D eigenvalue weighted by Crippen LogP contribution is 2.32. The van der Waals surface area contributed by atoms with E-state index < -0.39 is 11.9 Å². The van der Waals surface area contributed by atoms with Gasteiger partial charge in [0.1, 0.15) is 11.3 Å². The number of amides is 1. The fourth-order valence-corrected chi connectivity index (χ4v) is 4.51. The largest absolute Gasteiger partial charge is 0.433 e. The second-order valence-electron chi connectivity index (χ2n) is 8.49. The van der Waals surface area contributed by atoms with Crippen LogP contribution in [0.1, 0.15) is 34.6 Å². The lowest BCUT2D eigenvalue weighted by Crippen LogP contribution is -2.48. The SMILES string of the molecule is Cc1cn2c3c(c(C)cc2n1)CN(C(=O)CC1CN(c2ccc(C(F)(F)F)nc2)C1)C3. The number of aryl methyl sites for hydroxylation is 2. The predicted molar refractivity (Wildman–Crippen MR) is 108 cm³/mol. The van der Waals surface area contributed by atoms with Crippen LogP contribution >= 0.6 is 0 Å². The zero-order valence-electron chi connectivity index (χ0n) is 17.3. The first-order valence-electron chi connectivity index (χ1n) is 10.2. The molecule has 1 amide bonds. The van der Waals surface area contributed by atoms with E-state index >= 15 is 0 Å². The Balaban J connectivity index is 1.20. The van der Waals surface area contributed by atoms with Gasteiger partial charge in [-0.05, 0) is 43.2 Å². The van der Waals surface area contributed by atoms with E-state index in [0.717, 1.165) is 28.7 Å². The Morgan fingerprint density at radius 2 is 1.97 bits per heavy atom. The Bertz CT molecular complexity index is 1160. The number of anilines is 1. The summed E-state index contributed by atoms with van der Waals surface area (Å²) in [6.45, 7) is 6.47. The molecular formula is C22H22F3N5O. The minimum absolute atomic E-state index is 0.107. The van der Waals surface area contributed by atoms with Crippen LogP contribution in [-0.2, 0) is 24.1 Å². The quantitative estimate of drug-likeness (QED) is 0.637. The summed E-state index contributed by atoms with van der Waals surface area (Å²) in [6, 6.07) is 4.49. The highest BCUT2D eigenvalue weighted by Gasteiger charge is 2.35. The van der Waals surface area contributed by atoms with Gasteiger partial charge in [0.25, 0.3) is 0 Å². The molecule has 1 fully saturated rings. The Kier molecular flexibility index (Phi) is 4.46. The molecule has 3 aromatic rings. The normalized spacial score (nSPS) is 16.7. The average Bonchev–Trinajstić information content (AvgIpc) is 3.27. The van der Waals surface area contributed by atoms with E-state index in [2.05, 4.69) is 27.4 Å². The van der Waals surface area contributed by atoms with E-state index in [1.54, 1.807) is 0 Å². The summed E-state index contributed by atoms with van der Waals surface area (Å²) >= 11 is 0. The Morgan fingerprint density at radius 1 is 1.19 bits per heavy atom. The third-order valence-corrected chi connectivity index (χ3v) is 6.18. The van der Waals surface area contributed by atoms with Gasteiger partial charge in [-0.15, -0.1) is 0 Å². The highest BCUT2D eigenvalue weighted by atomic mass is 19.4. The number of rotatable bonds is 3. The number of pyridine rings is 2. The minimum Gasteiger partial charge on any atom is -0.370 e. The molecule has 2 aliphatic rings. The number of nitrogens with zero attached hydrogens (tertiary/aromatic N) is 5. The number of imidazole rings is 1. The molecule has 0 aliphatic carbocycles. The Morgan fingerprint density at radius 3 is 2.65 bits per heavy atom. The van der Waals surface area contributed by atoms with E-state index in [4.69, 9.17) is 0 Å². The van der Waals surface area contributed by atoms with Crippen molar-refractivity contribution in [3.8, 4) is 0 Å². The summed E-state index contributed by atoms with van der Waals surface area (Å²) in [7, 11) is 0. The molecule has 5 heterocycles. The summed E-state index contributed by atoms with van der Waals surface area (Å²) in [5.41, 5.74) is 5.06. The molecule has 0 aromatic carbocycles. The molecule has 0 bridgehead atoms. The third-order valence-electron chi connectivity index (χ3n) is 6.18. The van der Waals surface area contributed by atoms with Crippen molar-refractivity contribution >= 4 is 17.2 Å². The first-order chi connectivity index (χ1) is 14.7. The zero-order chi connectivity index (χ0) is 21.9. The zero-order valence-corrected chi connectivity index (χ0v) is 17.3. The lowest BCUT2D eigenvalue weighted by Gasteiger charge is -2.41. The first-order valence-corrected chi connectivity index (χ1v) is 10.2. The summed E-state index contributed by atoms with van der Waals surface area (Å²) in [5.74, 6) is 0.297. The molecule has 0 radical (unpaired) electrons. The van der Waals surface area contributed by atoms with Crippen LogP contribution in [0.25, 0.3) is 5.65 Å². The molecule has 9 heteroatoms. The number of fused-ring (bicyclic) bond motifs is 3. The summed E-state index contributed by atoms with van der Waals surface area (Å²) in [5, 5.41) is 0. The van der Waals surface area contributed by atoms with Crippen molar-refractivity contribution < 1.29 is 18.0 Å². The standard InChI is InChI=1S/C22H22F3N5O/c1-13-5-20-27-14(2)8-30(20)18-12-29(11-17(13)18)21(31)6-15-9-28(10-15)16-3-4-19(26-7-16)22(23,24)25/h3-5,7-8,15H,6,9-12H2,1-2H3. The molecule has 0 spiro atoms. The van der Waals surface area contributed by atoms with Crippen molar-refractivity contribution in [2.75, 3.05) is 18.0 Å². The number of halogens is 3. The number of alkyl halides is 3. The number of carbonyl (C=O) groups is 1. The van der Waals surface area contributed by atoms with Gasteiger partial charge in [-0.1, -0.05) is 0 Å². The molecule has 2 aliphatic heterocycles. The molecule has 0 atom stereocenters. The van der Waals surface area contributed by atoms with E-state index in [9.17, 15) is 18.0 Å². The van der Waals surface area contributed by atoms with E-state index in [1.165, 1.54) is 17.8 Å². The van der Waals surface area contributed by atoms with Crippen LogP contribution in [0.4, 0.5) is 18.9 Å². The predicted octanol–water partition coefficient (Wildman–Crippen LogP) is 3.73. The Hall–Kier alpha value is -3.10. The number of carbonyl (C=O) groups excluding carboxylic acids is 1. The van der Waals surface area contributed by atoms with Gasteiger partial charge in [-0.2, -0.15) is 13.2 Å². The monoisotopic (exact) mass is 429 g/mol. The van der Waals surface area contributed by atoms with Crippen LogP contribution < -0.4 is 4.90 Å². The third kappa shape index (κ3) is 3.51. The van der Waals surface area contributed by atoms with E-state index in [1.807, 2.05) is 22.9 Å². The molecule has 31 heavy (non-hydrogen) atoms. The van der Waals surface area contributed by atoms with Crippen LogP contribution in [0.5, 0.6) is 0 Å². The van der Waals surface area contributed by atoms with Crippen molar-refractivity contribution in [1.82, 2.24) is 19.3 Å². The lowest BCUT2D eigenvalue weighted by molar-refractivity contribution is -0.141. The second-order valence-corrected chi connectivity index (χ2v) is 8.49. The number of hydrogen-bond donors (Lipinski definition) is 0. The van der Waals surface area contributed by atoms with Gasteiger partial charge in [0.05, 0.1) is 24.1 Å². The number of aromatic nitrogens is 3. The molecule has 0 saturated carbocycles. The average molecular weight is 429 g/mol. The van der Waals surface area contributed by atoms with Gasteiger partial charge < -0.3 is 14.2 Å². The summed E-state index contributed by atoms with van der Waals surface area (Å²) in [4.78, 5) is 24.8. The molecule has 0 N–H and O–H groups in total. The second kappa shape index (κ2) is 6.96. The molecule has 3 aromatic heterocycles. The van der Waals surface area contributed by atoms with Crippen molar-refractivity contribution in [3.63, 3.8) is 0 Å². The van der Waals surface area contributed by atoms with Gasteiger partial charge in [-0.25, -0.2) is 9.97 Å². The van der Waals surface area contributed by atoms with Crippen molar-refractivity contribution in [2.45, 2.75) is 39.5 Å². The van der Waals surface area contributed by atoms with E-state index in [-0.39, 0.29) is 11.8 Å². The maximum Gasteiger partial charge on any atom is 0.433 e. The van der Waals surface area contributed by atoms with Crippen LogP contribution in [0.2, 0.25) is 0 Å². The minimum atomic E-state index is -4.44. The van der Waals surface area contributed by atoms with Crippen molar-refractivity contribution in [1.29, 1.82) is 0 Å². The van der Waals surface area contributed by atoms with E-state index in [0.29, 0.717) is 38.3 Å². The van der Waals surface area contributed by atoms with Crippen LogP contribution in [0.15, 0.2) is 30.6 Å². The maximum atomic E-state index is 12.9. The van der Waals surface area contributed by atoms with Gasteiger partial charge in [0, 0.05) is 43.9 Å². The molecule has 0 unspecified atom stereocenters. The molecule has 6 nitrogen and oxygen atoms in total. The van der Waals surface area contributed by atoms with Crippen LogP contribution in [-0.4, -0.2) is 38.3 Å².